The number of nitriles is 1. The van der Waals surface area contributed by atoms with E-state index in [1.54, 1.807) is 17.0 Å². The maximum absolute atomic E-state index is 13.0. The Bertz CT molecular complexity index is 1040. The van der Waals surface area contributed by atoms with E-state index in [0.29, 0.717) is 24.3 Å². The number of imide groups is 1. The Morgan fingerprint density at radius 2 is 1.83 bits per heavy atom. The zero-order valence-corrected chi connectivity index (χ0v) is 16.8. The normalized spacial score (nSPS) is 19.4. The van der Waals surface area contributed by atoms with E-state index >= 15 is 0 Å². The van der Waals surface area contributed by atoms with E-state index < -0.39 is 0 Å². The van der Waals surface area contributed by atoms with Gasteiger partial charge >= 0.3 is 6.03 Å². The van der Waals surface area contributed by atoms with Crippen molar-refractivity contribution in [3.8, 4) is 6.07 Å². The zero-order valence-electron chi connectivity index (χ0n) is 16.8. The zero-order chi connectivity index (χ0) is 20.7. The topological polar surface area (TPSA) is 80.5 Å². The molecule has 3 amide bonds. The van der Waals surface area contributed by atoms with Crippen molar-refractivity contribution in [3.05, 3.63) is 53.2 Å². The minimum atomic E-state index is -0.238. The predicted molar refractivity (Wildman–Crippen MR) is 112 cm³/mol. The van der Waals surface area contributed by atoms with Crippen LogP contribution in [-0.2, 0) is 17.6 Å². The Labute approximate surface area is 175 Å². The number of nitrogens with zero attached hydrogens (tertiary/aromatic N) is 5. The van der Waals surface area contributed by atoms with Gasteiger partial charge in [0.2, 0.25) is 0 Å². The van der Waals surface area contributed by atoms with Gasteiger partial charge in [-0.2, -0.15) is 5.26 Å². The largest absolute Gasteiger partial charge is 0.355 e. The van der Waals surface area contributed by atoms with Crippen molar-refractivity contribution in [3.63, 3.8) is 0 Å². The summed E-state index contributed by atoms with van der Waals surface area (Å²) in [6, 6.07) is 13.2. The second-order valence-corrected chi connectivity index (χ2v) is 8.12. The molecule has 0 radical (unpaired) electrons. The average Bonchev–Trinajstić information content (AvgIpc) is 3.36. The Hall–Kier alpha value is -3.40. The third-order valence-corrected chi connectivity index (χ3v) is 6.36. The van der Waals surface area contributed by atoms with Gasteiger partial charge in [-0.1, -0.05) is 18.2 Å². The summed E-state index contributed by atoms with van der Waals surface area (Å²) in [4.78, 5) is 35.4. The summed E-state index contributed by atoms with van der Waals surface area (Å²) in [5, 5.41) is 9.59. The van der Waals surface area contributed by atoms with Crippen molar-refractivity contribution in [2.24, 2.45) is 0 Å². The number of aromatic nitrogens is 1. The first-order chi connectivity index (χ1) is 14.7. The Morgan fingerprint density at radius 3 is 2.57 bits per heavy atom. The van der Waals surface area contributed by atoms with Gasteiger partial charge in [0.1, 0.15) is 18.4 Å². The van der Waals surface area contributed by atoms with Crippen LogP contribution in [0.4, 0.5) is 16.3 Å². The van der Waals surface area contributed by atoms with Crippen LogP contribution >= 0.6 is 0 Å². The van der Waals surface area contributed by atoms with Gasteiger partial charge in [-0.05, 0) is 55.9 Å². The first kappa shape index (κ1) is 18.6. The third-order valence-electron chi connectivity index (χ3n) is 6.36. The van der Waals surface area contributed by atoms with E-state index in [9.17, 15) is 14.9 Å². The molecule has 2 aromatic rings. The summed E-state index contributed by atoms with van der Waals surface area (Å²) in [6.45, 7) is 1.56. The van der Waals surface area contributed by atoms with Gasteiger partial charge in [0.05, 0.1) is 11.3 Å². The Morgan fingerprint density at radius 1 is 1.07 bits per heavy atom. The number of rotatable bonds is 3. The first-order valence-corrected chi connectivity index (χ1v) is 10.5. The molecule has 3 aliphatic rings. The van der Waals surface area contributed by atoms with Crippen molar-refractivity contribution in [2.75, 3.05) is 29.4 Å². The number of carbonyl (C=O) groups excluding carboxylic acids is 2. The van der Waals surface area contributed by atoms with Crippen LogP contribution < -0.4 is 9.80 Å². The molecule has 0 atom stereocenters. The molecule has 0 spiro atoms. The number of benzene rings is 1. The van der Waals surface area contributed by atoms with Crippen LogP contribution in [0, 0.1) is 11.3 Å². The van der Waals surface area contributed by atoms with Crippen LogP contribution in [0.2, 0.25) is 0 Å². The van der Waals surface area contributed by atoms with Gasteiger partial charge in [0.15, 0.2) is 0 Å². The fourth-order valence-corrected chi connectivity index (χ4v) is 4.81. The molecule has 1 aromatic heterocycles. The summed E-state index contributed by atoms with van der Waals surface area (Å²) < 4.78 is 0. The second kappa shape index (κ2) is 7.45. The Kier molecular flexibility index (Phi) is 4.62. The van der Waals surface area contributed by atoms with Gasteiger partial charge in [-0.15, -0.1) is 0 Å². The van der Waals surface area contributed by atoms with Crippen LogP contribution in [0.1, 0.15) is 36.1 Å². The lowest BCUT2D eigenvalue weighted by molar-refractivity contribution is -0.116. The number of anilines is 2. The molecule has 0 N–H and O–H groups in total. The molecule has 2 aliphatic heterocycles. The second-order valence-electron chi connectivity index (χ2n) is 8.12. The van der Waals surface area contributed by atoms with Gasteiger partial charge in [-0.3, -0.25) is 4.79 Å². The first-order valence-electron chi connectivity index (χ1n) is 10.5. The minimum absolute atomic E-state index is 0.0198. The maximum Gasteiger partial charge on any atom is 0.332 e. The summed E-state index contributed by atoms with van der Waals surface area (Å²) >= 11 is 0. The van der Waals surface area contributed by atoms with E-state index in [4.69, 9.17) is 4.98 Å². The number of amides is 3. The van der Waals surface area contributed by atoms with Crippen molar-refractivity contribution in [1.82, 2.24) is 9.88 Å². The average molecular weight is 401 g/mol. The quantitative estimate of drug-likeness (QED) is 0.739. The molecule has 2 saturated heterocycles. The van der Waals surface area contributed by atoms with Gasteiger partial charge in [0, 0.05) is 24.8 Å². The van der Waals surface area contributed by atoms with Crippen LogP contribution in [0.5, 0.6) is 0 Å². The summed E-state index contributed by atoms with van der Waals surface area (Å²) in [5.74, 6) is 0.590. The van der Waals surface area contributed by atoms with Gasteiger partial charge < -0.3 is 9.80 Å². The molecule has 152 valence electrons. The van der Waals surface area contributed by atoms with Gasteiger partial charge in [0.25, 0.3) is 5.91 Å². The van der Waals surface area contributed by atoms with E-state index in [-0.39, 0.29) is 24.5 Å². The standard InChI is InChI=1S/C23H23N5O2/c24-14-17-13-16-5-4-8-20(16)25-22(17)26-11-9-18(10-12-26)27-15-21(29)28(23(27)30)19-6-2-1-3-7-19/h1-3,6-7,13,18H,4-5,8-12,15H2. The maximum atomic E-state index is 13.0. The lowest BCUT2D eigenvalue weighted by atomic mass is 10.0. The Balaban J connectivity index is 1.30. The number of hydrogen-bond acceptors (Lipinski definition) is 5. The fraction of sp³-hybridized carbons (Fsp3) is 0.391. The molecular formula is C23H23N5O2. The molecule has 1 aliphatic carbocycles. The van der Waals surface area contributed by atoms with E-state index in [0.717, 1.165) is 43.6 Å². The van der Waals surface area contributed by atoms with Gasteiger partial charge in [-0.25, -0.2) is 14.7 Å². The summed E-state index contributed by atoms with van der Waals surface area (Å²) in [6.07, 6.45) is 4.59. The molecule has 7 heteroatoms. The van der Waals surface area contributed by atoms with Crippen LogP contribution in [0.15, 0.2) is 36.4 Å². The van der Waals surface area contributed by atoms with Crippen molar-refractivity contribution < 1.29 is 9.59 Å². The van der Waals surface area contributed by atoms with Crippen LogP contribution in [0.25, 0.3) is 0 Å². The lowest BCUT2D eigenvalue weighted by Gasteiger charge is -2.37. The fourth-order valence-electron chi connectivity index (χ4n) is 4.81. The number of hydrogen-bond donors (Lipinski definition) is 0. The van der Waals surface area contributed by atoms with E-state index in [2.05, 4.69) is 11.0 Å². The summed E-state index contributed by atoms with van der Waals surface area (Å²) in [7, 11) is 0. The molecule has 1 aromatic carbocycles. The molecule has 7 nitrogen and oxygen atoms in total. The number of fused-ring (bicyclic) bond motifs is 1. The molecule has 3 heterocycles. The monoisotopic (exact) mass is 401 g/mol. The van der Waals surface area contributed by atoms with E-state index in [1.807, 2.05) is 24.3 Å². The highest BCUT2D eigenvalue weighted by atomic mass is 16.2. The lowest BCUT2D eigenvalue weighted by Crippen LogP contribution is -2.47. The van der Waals surface area contributed by atoms with Crippen molar-refractivity contribution in [1.29, 1.82) is 5.26 Å². The molecule has 2 fully saturated rings. The predicted octanol–water partition coefficient (Wildman–Crippen LogP) is 2.88. The minimum Gasteiger partial charge on any atom is -0.355 e. The molecule has 30 heavy (non-hydrogen) atoms. The SMILES string of the molecule is N#Cc1cc2c(nc1N1CCC(N3CC(=O)N(c4ccccc4)C3=O)CC1)CCC2. The number of aryl methyl sites for hydroxylation is 2. The van der Waals surface area contributed by atoms with Crippen molar-refractivity contribution >= 4 is 23.4 Å². The number of carbonyl (C=O) groups is 2. The van der Waals surface area contributed by atoms with Crippen molar-refractivity contribution in [2.45, 2.75) is 38.1 Å². The molecular weight excluding hydrogens is 378 g/mol. The highest BCUT2D eigenvalue weighted by Crippen LogP contribution is 2.31. The number of piperidine rings is 1. The van der Waals surface area contributed by atoms with Crippen LogP contribution in [-0.4, -0.2) is 47.5 Å². The number of pyridine rings is 1. The summed E-state index contributed by atoms with van der Waals surface area (Å²) in [5.41, 5.74) is 3.57. The third kappa shape index (κ3) is 3.09. The molecule has 5 rings (SSSR count). The number of urea groups is 1. The van der Waals surface area contributed by atoms with E-state index in [1.165, 1.54) is 10.5 Å². The highest BCUT2D eigenvalue weighted by Gasteiger charge is 2.41. The highest BCUT2D eigenvalue weighted by molar-refractivity contribution is 6.19. The molecule has 0 unspecified atom stereocenters. The number of para-hydroxylation sites is 1. The van der Waals surface area contributed by atoms with Crippen LogP contribution in [0.3, 0.4) is 0 Å². The molecule has 0 saturated carbocycles. The smallest absolute Gasteiger partial charge is 0.332 e. The molecule has 0 bridgehead atoms.